The summed E-state index contributed by atoms with van der Waals surface area (Å²) >= 11 is 0. The van der Waals surface area contributed by atoms with Crippen LogP contribution in [-0.4, -0.2) is 59.8 Å². The van der Waals surface area contributed by atoms with E-state index in [4.69, 9.17) is 21.1 Å². The highest BCUT2D eigenvalue weighted by molar-refractivity contribution is 7.32. The highest BCUT2D eigenvalue weighted by Gasteiger charge is 2.50. The Kier molecular flexibility index (Phi) is 5.61. The van der Waals surface area contributed by atoms with Crippen LogP contribution in [0.3, 0.4) is 0 Å². The summed E-state index contributed by atoms with van der Waals surface area (Å²) in [6.07, 6.45) is -3.10. The normalized spacial score (nSPS) is 43.2. The first-order valence-corrected chi connectivity index (χ1v) is 8.04. The third-order valence-corrected chi connectivity index (χ3v) is 4.55. The Labute approximate surface area is 123 Å². The van der Waals surface area contributed by atoms with Crippen molar-refractivity contribution in [2.45, 2.75) is 50.6 Å². The van der Waals surface area contributed by atoms with Crippen LogP contribution in [-0.2, 0) is 13.8 Å². The first kappa shape index (κ1) is 17.1. The van der Waals surface area contributed by atoms with Gasteiger partial charge in [-0.1, -0.05) is 6.92 Å². The maximum atomic E-state index is 14.4. The number of nitrogens with one attached hydrogen (secondary N) is 1. The second-order valence-corrected chi connectivity index (χ2v) is 6.39. The van der Waals surface area contributed by atoms with Crippen molar-refractivity contribution in [3.63, 3.8) is 0 Å². The number of halogens is 1. The van der Waals surface area contributed by atoms with Crippen molar-refractivity contribution in [2.75, 3.05) is 13.3 Å². The average molecular weight is 325 g/mol. The van der Waals surface area contributed by atoms with Gasteiger partial charge in [-0.3, -0.25) is 5.32 Å². The molecule has 21 heavy (non-hydrogen) atoms. The minimum Gasteiger partial charge on any atom is -0.354 e. The number of hydrogen-bond acceptors (Lipinski definition) is 7. The molecule has 8 nitrogen and oxygen atoms in total. The number of rotatable bonds is 5. The molecule has 6 N–H and O–H groups in total. The Morgan fingerprint density at radius 3 is 2.86 bits per heavy atom. The van der Waals surface area contributed by atoms with E-state index >= 15 is 0 Å². The molecular weight excluding hydrogens is 302 g/mol. The monoisotopic (exact) mass is 325 g/mol. The highest BCUT2D eigenvalue weighted by Crippen LogP contribution is 2.34. The van der Waals surface area contributed by atoms with Gasteiger partial charge in [0.05, 0.1) is 25.0 Å². The second kappa shape index (κ2) is 6.89. The first-order valence-electron chi connectivity index (χ1n) is 6.91. The summed E-state index contributed by atoms with van der Waals surface area (Å²) in [4.78, 5) is 10.4. The molecule has 122 valence electrons. The van der Waals surface area contributed by atoms with Crippen LogP contribution in [0.4, 0.5) is 4.39 Å². The van der Waals surface area contributed by atoms with Crippen molar-refractivity contribution < 1.29 is 23.1 Å². The molecule has 0 bridgehead atoms. The van der Waals surface area contributed by atoms with Crippen molar-refractivity contribution in [1.82, 2.24) is 10.2 Å². The lowest BCUT2D eigenvalue weighted by atomic mass is 10.0. The average Bonchev–Trinajstić information content (AvgIpc) is 2.90. The summed E-state index contributed by atoms with van der Waals surface area (Å²) in [5.41, 5.74) is 11.9. The number of ether oxygens (including phenoxy) is 1. The number of hydrogen-bond donors (Lipinski definition) is 4. The Hall–Kier alpha value is -0.250. The highest BCUT2D eigenvalue weighted by atomic mass is 31.1. The molecule has 0 radical (unpaired) electrons. The van der Waals surface area contributed by atoms with Gasteiger partial charge in [-0.05, 0) is 6.92 Å². The van der Waals surface area contributed by atoms with Crippen molar-refractivity contribution in [3.8, 4) is 0 Å². The Morgan fingerprint density at radius 1 is 1.67 bits per heavy atom. The fraction of sp³-hybridized carbons (Fsp3) is 1.00. The molecule has 8 atom stereocenters. The molecule has 0 aromatic heterocycles. The van der Waals surface area contributed by atoms with E-state index in [1.54, 1.807) is 11.8 Å². The van der Waals surface area contributed by atoms with Crippen molar-refractivity contribution in [2.24, 2.45) is 17.4 Å². The summed E-state index contributed by atoms with van der Waals surface area (Å²) < 4.78 is 35.3. The van der Waals surface area contributed by atoms with E-state index in [0.717, 1.165) is 0 Å². The van der Waals surface area contributed by atoms with E-state index in [9.17, 15) is 8.96 Å². The molecule has 2 aliphatic heterocycles. The van der Waals surface area contributed by atoms with E-state index in [1.807, 2.05) is 6.92 Å². The molecule has 2 fully saturated rings. The van der Waals surface area contributed by atoms with Gasteiger partial charge in [0.1, 0.15) is 19.0 Å². The quantitative estimate of drug-likeness (QED) is 0.485. The molecule has 10 heteroatoms. The molecule has 2 rings (SSSR count). The molecule has 2 saturated heterocycles. The SMILES string of the molecule is CC(N)C1NCN([C@@H]2O[C@H](CO[P+](=O)O)[C@H](C)C2F)C1N. The smallest absolute Gasteiger partial charge is 0.354 e. The Bertz CT molecular complexity index is 391. The zero-order chi connectivity index (χ0) is 15.7. The van der Waals surface area contributed by atoms with Gasteiger partial charge in [0, 0.05) is 16.5 Å². The third kappa shape index (κ3) is 3.57. The fourth-order valence-corrected chi connectivity index (χ4v) is 3.11. The van der Waals surface area contributed by atoms with Crippen LogP contribution < -0.4 is 16.8 Å². The van der Waals surface area contributed by atoms with E-state index < -0.39 is 38.8 Å². The lowest BCUT2D eigenvalue weighted by molar-refractivity contribution is -0.0889. The van der Waals surface area contributed by atoms with Crippen LogP contribution in [0.1, 0.15) is 13.8 Å². The van der Waals surface area contributed by atoms with Gasteiger partial charge < -0.3 is 16.2 Å². The van der Waals surface area contributed by atoms with E-state index in [0.29, 0.717) is 6.67 Å². The number of alkyl halides is 1. The third-order valence-electron chi connectivity index (χ3n) is 4.18. The van der Waals surface area contributed by atoms with Crippen molar-refractivity contribution >= 4 is 8.25 Å². The van der Waals surface area contributed by atoms with Gasteiger partial charge in [0.15, 0.2) is 0 Å². The largest absolute Gasteiger partial charge is 0.694 e. The Morgan fingerprint density at radius 2 is 2.33 bits per heavy atom. The predicted molar refractivity (Wildman–Crippen MR) is 73.8 cm³/mol. The first-order chi connectivity index (χ1) is 9.82. The molecule has 0 aliphatic carbocycles. The minimum atomic E-state index is -2.72. The summed E-state index contributed by atoms with van der Waals surface area (Å²) in [5, 5.41) is 3.14. The van der Waals surface area contributed by atoms with Crippen LogP contribution in [0.15, 0.2) is 0 Å². The molecule has 0 aromatic rings. The van der Waals surface area contributed by atoms with Crippen molar-refractivity contribution in [1.29, 1.82) is 0 Å². The van der Waals surface area contributed by atoms with E-state index in [-0.39, 0.29) is 18.7 Å². The van der Waals surface area contributed by atoms with Crippen LogP contribution in [0.25, 0.3) is 0 Å². The molecule has 2 aliphatic rings. The van der Waals surface area contributed by atoms with Crippen LogP contribution in [0.5, 0.6) is 0 Å². The zero-order valence-corrected chi connectivity index (χ0v) is 12.9. The lowest BCUT2D eigenvalue weighted by Gasteiger charge is -2.30. The van der Waals surface area contributed by atoms with Crippen LogP contribution in [0.2, 0.25) is 0 Å². The Balaban J connectivity index is 1.99. The van der Waals surface area contributed by atoms with Gasteiger partial charge in [-0.2, -0.15) is 0 Å². The van der Waals surface area contributed by atoms with Gasteiger partial charge in [-0.25, -0.2) is 9.29 Å². The second-order valence-electron chi connectivity index (χ2n) is 5.65. The predicted octanol–water partition coefficient (Wildman–Crippen LogP) is -0.785. The molecule has 2 heterocycles. The molecule has 0 saturated carbocycles. The summed E-state index contributed by atoms with van der Waals surface area (Å²) in [5.74, 6) is -0.452. The standard InChI is InChI=1S/C11H22FN4O4P/c1-5-7(3-19-21(17)18)20-11(8(5)12)16-4-15-9(6(2)13)10(16)14/h5-11,15H,3-4,13-14H2,1-2H3/p+1/t5-,6?,7+,8?,9?,10?,11+/m0/s1. The van der Waals surface area contributed by atoms with Gasteiger partial charge in [0.2, 0.25) is 0 Å². The fourth-order valence-electron chi connectivity index (χ4n) is 2.83. The lowest BCUT2D eigenvalue weighted by Crippen LogP contribution is -2.55. The van der Waals surface area contributed by atoms with Crippen molar-refractivity contribution in [3.05, 3.63) is 0 Å². The van der Waals surface area contributed by atoms with Crippen LogP contribution >= 0.6 is 8.25 Å². The maximum Gasteiger partial charge on any atom is 0.694 e. The minimum absolute atomic E-state index is 0.128. The molecule has 0 spiro atoms. The molecule has 0 aromatic carbocycles. The van der Waals surface area contributed by atoms with Gasteiger partial charge in [-0.15, -0.1) is 9.42 Å². The number of nitrogens with zero attached hydrogens (tertiary/aromatic N) is 1. The van der Waals surface area contributed by atoms with Gasteiger partial charge >= 0.3 is 8.25 Å². The summed E-state index contributed by atoms with van der Waals surface area (Å²) in [6, 6.07) is -0.308. The topological polar surface area (TPSA) is 123 Å². The summed E-state index contributed by atoms with van der Waals surface area (Å²) in [7, 11) is -2.72. The molecule has 0 amide bonds. The van der Waals surface area contributed by atoms with E-state index in [1.165, 1.54) is 0 Å². The van der Waals surface area contributed by atoms with Crippen LogP contribution in [0, 0.1) is 5.92 Å². The maximum absolute atomic E-state index is 14.4. The van der Waals surface area contributed by atoms with Gasteiger partial charge in [0.25, 0.3) is 0 Å². The number of nitrogens with two attached hydrogens (primary N) is 2. The molecular formula is C11H23FN4O4P+. The summed E-state index contributed by atoms with van der Waals surface area (Å²) in [6.45, 7) is 3.77. The van der Waals surface area contributed by atoms with E-state index in [2.05, 4.69) is 9.84 Å². The molecule has 5 unspecified atom stereocenters. The zero-order valence-electron chi connectivity index (χ0n) is 12.1.